The van der Waals surface area contributed by atoms with Gasteiger partial charge in [-0.1, -0.05) is 23.2 Å². The summed E-state index contributed by atoms with van der Waals surface area (Å²) in [4.78, 5) is 29.0. The number of hydrogen-bond acceptors (Lipinski definition) is 4. The highest BCUT2D eigenvalue weighted by Crippen LogP contribution is 2.21. The molecule has 1 fully saturated rings. The number of ether oxygens (including phenoxy) is 1. The fraction of sp³-hybridized carbons (Fsp3) is 0.500. The number of piperidine rings is 1. The Bertz CT molecular complexity index is 543. The first-order valence-electron chi connectivity index (χ1n) is 6.70. The van der Waals surface area contributed by atoms with Gasteiger partial charge in [-0.2, -0.15) is 0 Å². The molecule has 1 aliphatic rings. The molecule has 0 spiro atoms. The van der Waals surface area contributed by atoms with Crippen LogP contribution in [0, 0.1) is 5.92 Å². The van der Waals surface area contributed by atoms with Crippen molar-refractivity contribution >= 4 is 35.1 Å². The Morgan fingerprint density at radius 2 is 2.00 bits per heavy atom. The van der Waals surface area contributed by atoms with Crippen LogP contribution in [0.4, 0.5) is 0 Å². The molecule has 5 nitrogen and oxygen atoms in total. The highest BCUT2D eigenvalue weighted by atomic mass is 35.5. The molecule has 7 heteroatoms. The van der Waals surface area contributed by atoms with Gasteiger partial charge >= 0.3 is 5.97 Å². The molecule has 114 valence electrons. The minimum Gasteiger partial charge on any atom is -0.459 e. The van der Waals surface area contributed by atoms with E-state index in [4.69, 9.17) is 27.9 Å². The standard InChI is InChI=1S/C14H16Cl2N2O3/c1-9(19)18-6-4-10(5-7-18)14(20)21-8-12-11(15)2-3-13(16)17-12/h2-3,10H,4-8H2,1H3. The zero-order chi connectivity index (χ0) is 15.4. The maximum Gasteiger partial charge on any atom is 0.309 e. The van der Waals surface area contributed by atoms with Gasteiger partial charge in [0, 0.05) is 20.0 Å². The van der Waals surface area contributed by atoms with Gasteiger partial charge in [0.25, 0.3) is 0 Å². The zero-order valence-corrected chi connectivity index (χ0v) is 13.2. The van der Waals surface area contributed by atoms with Crippen molar-refractivity contribution in [1.29, 1.82) is 0 Å². The Kier molecular flexibility index (Phi) is 5.42. The lowest BCUT2D eigenvalue weighted by Crippen LogP contribution is -2.39. The number of likely N-dealkylation sites (tertiary alicyclic amines) is 1. The predicted octanol–water partition coefficient (Wildman–Crippen LogP) is 2.69. The minimum absolute atomic E-state index is 0.00511. The van der Waals surface area contributed by atoms with Gasteiger partial charge in [-0.05, 0) is 25.0 Å². The molecule has 1 aromatic rings. The molecule has 0 N–H and O–H groups in total. The van der Waals surface area contributed by atoms with Crippen LogP contribution in [0.1, 0.15) is 25.5 Å². The molecule has 2 heterocycles. The third-order valence-corrected chi connectivity index (χ3v) is 4.06. The van der Waals surface area contributed by atoms with Crippen LogP contribution < -0.4 is 0 Å². The van der Waals surface area contributed by atoms with Crippen molar-refractivity contribution in [2.75, 3.05) is 13.1 Å². The number of amides is 1. The van der Waals surface area contributed by atoms with Gasteiger partial charge in [0.15, 0.2) is 0 Å². The zero-order valence-electron chi connectivity index (χ0n) is 11.6. The molecule has 1 aromatic heterocycles. The van der Waals surface area contributed by atoms with Gasteiger partial charge in [-0.15, -0.1) is 0 Å². The molecular weight excluding hydrogens is 315 g/mol. The number of halogens is 2. The molecule has 21 heavy (non-hydrogen) atoms. The van der Waals surface area contributed by atoms with Crippen molar-refractivity contribution in [3.63, 3.8) is 0 Å². The highest BCUT2D eigenvalue weighted by molar-refractivity contribution is 6.32. The van der Waals surface area contributed by atoms with E-state index < -0.39 is 0 Å². The van der Waals surface area contributed by atoms with Gasteiger partial charge in [-0.3, -0.25) is 9.59 Å². The van der Waals surface area contributed by atoms with Crippen molar-refractivity contribution in [2.24, 2.45) is 5.92 Å². The SMILES string of the molecule is CC(=O)N1CCC(C(=O)OCc2nc(Cl)ccc2Cl)CC1. The van der Waals surface area contributed by atoms with Crippen LogP contribution in [-0.2, 0) is 20.9 Å². The number of carbonyl (C=O) groups is 2. The monoisotopic (exact) mass is 330 g/mol. The van der Waals surface area contributed by atoms with E-state index >= 15 is 0 Å². The van der Waals surface area contributed by atoms with Crippen LogP contribution in [0.25, 0.3) is 0 Å². The van der Waals surface area contributed by atoms with E-state index in [1.165, 1.54) is 6.92 Å². The first kappa shape index (κ1) is 16.0. The quantitative estimate of drug-likeness (QED) is 0.631. The third kappa shape index (κ3) is 4.32. The first-order chi connectivity index (χ1) is 9.97. The van der Waals surface area contributed by atoms with Crippen LogP contribution in [0.5, 0.6) is 0 Å². The van der Waals surface area contributed by atoms with Crippen molar-refractivity contribution in [2.45, 2.75) is 26.4 Å². The summed E-state index contributed by atoms with van der Waals surface area (Å²) in [6.45, 7) is 2.72. The van der Waals surface area contributed by atoms with Crippen molar-refractivity contribution in [1.82, 2.24) is 9.88 Å². The van der Waals surface area contributed by atoms with E-state index in [0.29, 0.717) is 41.8 Å². The Morgan fingerprint density at radius 3 is 2.62 bits per heavy atom. The molecule has 0 unspecified atom stereocenters. The summed E-state index contributed by atoms with van der Waals surface area (Å²) < 4.78 is 5.25. The molecule has 0 aliphatic carbocycles. The second kappa shape index (κ2) is 7.09. The second-order valence-electron chi connectivity index (χ2n) is 4.95. The lowest BCUT2D eigenvalue weighted by Gasteiger charge is -2.30. The number of pyridine rings is 1. The number of rotatable bonds is 3. The molecule has 0 aromatic carbocycles. The Balaban J connectivity index is 1.85. The molecule has 2 rings (SSSR count). The topological polar surface area (TPSA) is 59.5 Å². The smallest absolute Gasteiger partial charge is 0.309 e. The number of hydrogen-bond donors (Lipinski definition) is 0. The van der Waals surface area contributed by atoms with Gasteiger partial charge in [0.05, 0.1) is 16.6 Å². The van der Waals surface area contributed by atoms with E-state index in [-0.39, 0.29) is 24.4 Å². The highest BCUT2D eigenvalue weighted by Gasteiger charge is 2.27. The maximum atomic E-state index is 12.0. The Hall–Kier alpha value is -1.33. The average Bonchev–Trinajstić information content (AvgIpc) is 2.48. The van der Waals surface area contributed by atoms with Crippen molar-refractivity contribution in [3.8, 4) is 0 Å². The van der Waals surface area contributed by atoms with Crippen molar-refractivity contribution in [3.05, 3.63) is 28.0 Å². The molecule has 1 amide bonds. The molecule has 0 bridgehead atoms. The number of aromatic nitrogens is 1. The summed E-state index contributed by atoms with van der Waals surface area (Å²) in [5, 5.41) is 0.721. The molecule has 0 atom stereocenters. The van der Waals surface area contributed by atoms with Gasteiger partial charge < -0.3 is 9.64 Å². The predicted molar refractivity (Wildman–Crippen MR) is 79.0 cm³/mol. The molecule has 0 saturated carbocycles. The normalized spacial score (nSPS) is 15.9. The maximum absolute atomic E-state index is 12.0. The molecule has 1 saturated heterocycles. The van der Waals surface area contributed by atoms with E-state index in [1.807, 2.05) is 0 Å². The Labute approximate surface area is 133 Å². The molecule has 1 aliphatic heterocycles. The van der Waals surface area contributed by atoms with Crippen LogP contribution in [-0.4, -0.2) is 34.8 Å². The lowest BCUT2D eigenvalue weighted by atomic mass is 9.97. The number of esters is 1. The first-order valence-corrected chi connectivity index (χ1v) is 7.46. The van der Waals surface area contributed by atoms with Gasteiger partial charge in [0.1, 0.15) is 11.8 Å². The molecule has 0 radical (unpaired) electrons. The summed E-state index contributed by atoms with van der Waals surface area (Å²) in [6, 6.07) is 3.19. The molecular formula is C14H16Cl2N2O3. The fourth-order valence-electron chi connectivity index (χ4n) is 2.25. The van der Waals surface area contributed by atoms with Crippen molar-refractivity contribution < 1.29 is 14.3 Å². The summed E-state index contributed by atoms with van der Waals surface area (Å²) >= 11 is 11.7. The van der Waals surface area contributed by atoms with E-state index in [2.05, 4.69) is 4.98 Å². The minimum atomic E-state index is -0.281. The lowest BCUT2D eigenvalue weighted by molar-refractivity contribution is -0.152. The van der Waals surface area contributed by atoms with E-state index in [9.17, 15) is 9.59 Å². The van der Waals surface area contributed by atoms with Crippen LogP contribution >= 0.6 is 23.2 Å². The fourth-order valence-corrected chi connectivity index (χ4v) is 2.57. The van der Waals surface area contributed by atoms with Gasteiger partial charge in [-0.25, -0.2) is 4.98 Å². The summed E-state index contributed by atoms with van der Waals surface area (Å²) in [5.41, 5.74) is 0.443. The summed E-state index contributed by atoms with van der Waals surface area (Å²) in [7, 11) is 0. The van der Waals surface area contributed by atoms with Gasteiger partial charge in [0.2, 0.25) is 5.91 Å². The second-order valence-corrected chi connectivity index (χ2v) is 5.74. The van der Waals surface area contributed by atoms with Crippen LogP contribution in [0.15, 0.2) is 12.1 Å². The number of nitrogens with zero attached hydrogens (tertiary/aromatic N) is 2. The summed E-state index contributed by atoms with van der Waals surface area (Å²) in [6.07, 6.45) is 1.24. The van der Waals surface area contributed by atoms with E-state index in [0.717, 1.165) is 0 Å². The third-order valence-electron chi connectivity index (χ3n) is 3.51. The largest absolute Gasteiger partial charge is 0.459 e. The average molecular weight is 331 g/mol. The van der Waals surface area contributed by atoms with E-state index in [1.54, 1.807) is 17.0 Å². The number of carbonyl (C=O) groups excluding carboxylic acids is 2. The van der Waals surface area contributed by atoms with Crippen LogP contribution in [0.2, 0.25) is 10.2 Å². The van der Waals surface area contributed by atoms with Crippen LogP contribution in [0.3, 0.4) is 0 Å². The Morgan fingerprint density at radius 1 is 1.33 bits per heavy atom. The summed E-state index contributed by atoms with van der Waals surface area (Å²) in [5.74, 6) is -0.425.